The lowest BCUT2D eigenvalue weighted by atomic mass is 9.90. The molecule has 1 fully saturated rings. The minimum Gasteiger partial charge on any atom is -0.366 e. The number of carbonyl (C=O) groups is 2. The van der Waals surface area contributed by atoms with Gasteiger partial charge in [0, 0.05) is 29.2 Å². The Morgan fingerprint density at radius 2 is 1.63 bits per heavy atom. The second-order valence-corrected chi connectivity index (χ2v) is 11.0. The maximum Gasteiger partial charge on any atom is 0.322 e. The van der Waals surface area contributed by atoms with Gasteiger partial charge in [0.15, 0.2) is 0 Å². The topological polar surface area (TPSA) is 127 Å². The van der Waals surface area contributed by atoms with Gasteiger partial charge in [-0.25, -0.2) is 4.79 Å². The number of anilines is 1. The van der Waals surface area contributed by atoms with E-state index >= 15 is 0 Å². The first-order valence-corrected chi connectivity index (χ1v) is 14.0. The van der Waals surface area contributed by atoms with Gasteiger partial charge in [-0.3, -0.25) is 9.52 Å². The van der Waals surface area contributed by atoms with Crippen molar-refractivity contribution in [1.82, 2.24) is 4.72 Å². The molecule has 0 heterocycles. The molecule has 2 atom stereocenters. The van der Waals surface area contributed by atoms with Crippen LogP contribution in [-0.4, -0.2) is 24.0 Å². The zero-order valence-electron chi connectivity index (χ0n) is 21.8. The van der Waals surface area contributed by atoms with Crippen LogP contribution in [-0.2, 0) is 6.54 Å². The van der Waals surface area contributed by atoms with Crippen molar-refractivity contribution in [2.45, 2.75) is 62.6 Å². The summed E-state index contributed by atoms with van der Waals surface area (Å²) in [4.78, 5) is 26.3. The fourth-order valence-electron chi connectivity index (χ4n) is 5.42. The number of primary amides is 2. The monoisotopic (exact) mass is 531 g/mol. The fourth-order valence-corrected chi connectivity index (χ4v) is 6.04. The van der Waals surface area contributed by atoms with Crippen LogP contribution in [0.5, 0.6) is 0 Å². The molecular weight excluding hydrogens is 494 g/mol. The minimum absolute atomic E-state index is 0.116. The summed E-state index contributed by atoms with van der Waals surface area (Å²) >= 11 is 0.972. The largest absolute Gasteiger partial charge is 0.366 e. The number of nitrogens with zero attached hydrogens (tertiary/aromatic N) is 1. The third-order valence-corrected chi connectivity index (χ3v) is 8.07. The van der Waals surface area contributed by atoms with Crippen molar-refractivity contribution in [2.24, 2.45) is 23.1 Å². The number of hydrogen-bond acceptors (Lipinski definition) is 5. The molecule has 1 unspecified atom stereocenters. The van der Waals surface area contributed by atoms with Gasteiger partial charge < -0.3 is 22.1 Å². The van der Waals surface area contributed by atoms with Crippen LogP contribution in [0.3, 0.4) is 0 Å². The molecule has 0 aliphatic heterocycles. The zero-order chi connectivity index (χ0) is 27.1. The van der Waals surface area contributed by atoms with Crippen molar-refractivity contribution >= 4 is 29.6 Å². The molecule has 0 saturated heterocycles. The Morgan fingerprint density at radius 1 is 0.974 bits per heavy atom. The molecule has 3 aromatic carbocycles. The van der Waals surface area contributed by atoms with E-state index in [-0.39, 0.29) is 6.04 Å². The van der Waals surface area contributed by atoms with Gasteiger partial charge in [0.05, 0.1) is 5.56 Å². The molecule has 3 amide bonds. The maximum absolute atomic E-state index is 12.1. The first-order chi connectivity index (χ1) is 18.3. The molecular formula is C30H37N5O2S. The molecule has 200 valence electrons. The van der Waals surface area contributed by atoms with Crippen LogP contribution in [0.4, 0.5) is 10.5 Å². The van der Waals surface area contributed by atoms with E-state index in [1.165, 1.54) is 31.2 Å². The van der Waals surface area contributed by atoms with E-state index in [4.69, 9.17) is 17.2 Å². The highest BCUT2D eigenvalue weighted by atomic mass is 32.2. The number of urea groups is 1. The van der Waals surface area contributed by atoms with E-state index in [1.54, 1.807) is 12.1 Å². The lowest BCUT2D eigenvalue weighted by molar-refractivity contribution is 0.0997. The molecule has 1 aliphatic carbocycles. The zero-order valence-corrected chi connectivity index (χ0v) is 22.6. The van der Waals surface area contributed by atoms with E-state index in [9.17, 15) is 9.59 Å². The van der Waals surface area contributed by atoms with Crippen molar-refractivity contribution in [2.75, 3.05) is 4.90 Å². The number of rotatable bonds is 11. The minimum atomic E-state index is -0.690. The third kappa shape index (κ3) is 7.08. The molecule has 7 N–H and O–H groups in total. The smallest absolute Gasteiger partial charge is 0.322 e. The summed E-state index contributed by atoms with van der Waals surface area (Å²) in [6.07, 6.45) is 5.99. The summed E-state index contributed by atoms with van der Waals surface area (Å²) < 4.78 is 2.44. The van der Waals surface area contributed by atoms with Gasteiger partial charge in [0.2, 0.25) is 5.91 Å². The Bertz CT molecular complexity index is 1230. The maximum atomic E-state index is 12.1. The Hall–Kier alpha value is -3.49. The number of amides is 3. The Balaban J connectivity index is 1.65. The molecule has 3 aromatic rings. The lowest BCUT2D eigenvalue weighted by Gasteiger charge is -2.39. The van der Waals surface area contributed by atoms with Crippen LogP contribution < -0.4 is 26.8 Å². The fraction of sp³-hybridized carbons (Fsp3) is 0.333. The van der Waals surface area contributed by atoms with Crippen LogP contribution in [0.25, 0.3) is 11.1 Å². The summed E-state index contributed by atoms with van der Waals surface area (Å²) in [6, 6.07) is 24.3. The summed E-state index contributed by atoms with van der Waals surface area (Å²) in [5.74, 6) is 0.0585. The summed E-state index contributed by atoms with van der Waals surface area (Å²) in [7, 11) is 0. The Kier molecular flexibility index (Phi) is 9.31. The van der Waals surface area contributed by atoms with Crippen LogP contribution in [0.2, 0.25) is 0 Å². The highest BCUT2D eigenvalue weighted by Crippen LogP contribution is 2.36. The molecule has 1 saturated carbocycles. The van der Waals surface area contributed by atoms with Crippen molar-refractivity contribution in [3.05, 3.63) is 83.9 Å². The summed E-state index contributed by atoms with van der Waals surface area (Å²) in [5, 5.41) is 0. The summed E-state index contributed by atoms with van der Waals surface area (Å²) in [5.41, 5.74) is 21.7. The molecule has 8 heteroatoms. The van der Waals surface area contributed by atoms with Crippen LogP contribution in [0.15, 0.2) is 77.7 Å². The molecule has 0 bridgehead atoms. The number of nitrogens with one attached hydrogen (secondary N) is 1. The second-order valence-electron chi connectivity index (χ2n) is 10.1. The molecule has 0 radical (unpaired) electrons. The number of hydrogen-bond donors (Lipinski definition) is 4. The quantitative estimate of drug-likeness (QED) is 0.245. The number of carbonyl (C=O) groups excluding carboxylic acids is 2. The van der Waals surface area contributed by atoms with Gasteiger partial charge >= 0.3 is 6.03 Å². The van der Waals surface area contributed by atoms with Crippen molar-refractivity contribution in [3.8, 4) is 11.1 Å². The lowest BCUT2D eigenvalue weighted by Crippen LogP contribution is -2.43. The molecule has 4 rings (SSSR count). The van der Waals surface area contributed by atoms with E-state index in [0.29, 0.717) is 22.4 Å². The molecule has 0 spiro atoms. The Morgan fingerprint density at radius 3 is 2.24 bits per heavy atom. The van der Waals surface area contributed by atoms with Crippen molar-refractivity contribution < 1.29 is 9.59 Å². The number of nitrogens with two attached hydrogens (primary N) is 3. The predicted molar refractivity (Wildman–Crippen MR) is 156 cm³/mol. The van der Waals surface area contributed by atoms with Gasteiger partial charge in [-0.1, -0.05) is 61.4 Å². The molecule has 0 aromatic heterocycles. The van der Waals surface area contributed by atoms with Crippen LogP contribution in [0, 0.1) is 5.92 Å². The summed E-state index contributed by atoms with van der Waals surface area (Å²) in [6.45, 7) is 2.92. The molecule has 38 heavy (non-hydrogen) atoms. The van der Waals surface area contributed by atoms with Crippen LogP contribution in [0.1, 0.15) is 54.9 Å². The van der Waals surface area contributed by atoms with E-state index in [0.717, 1.165) is 41.7 Å². The average Bonchev–Trinajstić information content (AvgIpc) is 3.45. The first-order valence-electron chi connectivity index (χ1n) is 13.1. The van der Waals surface area contributed by atoms with Gasteiger partial charge in [-0.15, -0.1) is 0 Å². The van der Waals surface area contributed by atoms with Gasteiger partial charge in [-0.05, 0) is 85.0 Å². The standard InChI is InChI=1S/C30H37N5O2S/c1-20(31)17-27(23-9-5-6-10-23)35(19-21-7-3-2-4-8-21)25-14-11-22(12-15-25)24-13-16-28(38-34-30(33)37)26(18-24)29(32)36/h2-4,7-8,11-16,18,20,23,27H,5-6,9-10,17,19,31H2,1H3,(H2,32,36)(H3,33,34,37)/t20-,27?/m0/s1. The molecule has 1 aliphatic rings. The van der Waals surface area contributed by atoms with E-state index < -0.39 is 11.9 Å². The Labute approximate surface area is 229 Å². The van der Waals surface area contributed by atoms with Crippen LogP contribution >= 0.6 is 11.9 Å². The highest BCUT2D eigenvalue weighted by Gasteiger charge is 2.31. The SMILES string of the molecule is C[C@H](N)CC(C1CCCC1)N(Cc1ccccc1)c1ccc(-c2ccc(SNC(N)=O)c(C(N)=O)c2)cc1. The third-order valence-electron chi connectivity index (χ3n) is 7.19. The van der Waals surface area contributed by atoms with Crippen molar-refractivity contribution in [3.63, 3.8) is 0 Å². The average molecular weight is 532 g/mol. The first kappa shape index (κ1) is 27.5. The van der Waals surface area contributed by atoms with Crippen molar-refractivity contribution in [1.29, 1.82) is 0 Å². The number of benzene rings is 3. The van der Waals surface area contributed by atoms with E-state index in [1.807, 2.05) is 12.1 Å². The molecule has 7 nitrogen and oxygen atoms in total. The predicted octanol–water partition coefficient (Wildman–Crippen LogP) is 5.43. The highest BCUT2D eigenvalue weighted by molar-refractivity contribution is 7.98. The van der Waals surface area contributed by atoms with Gasteiger partial charge in [0.1, 0.15) is 0 Å². The normalized spacial score (nSPS) is 15.1. The second kappa shape index (κ2) is 12.8. The van der Waals surface area contributed by atoms with Gasteiger partial charge in [-0.2, -0.15) is 0 Å². The van der Waals surface area contributed by atoms with Gasteiger partial charge in [0.25, 0.3) is 0 Å². The van der Waals surface area contributed by atoms with E-state index in [2.05, 4.69) is 65.1 Å².